The van der Waals surface area contributed by atoms with Crippen molar-refractivity contribution >= 4 is 16.5 Å². The standard InChI is InChI=1S/C14H19N7S/c1-3-20-7-12(10(2)18-20)13-8-21(19-17-13)6-4-5-11-9-22-14(15)16-11/h7-9H,3-6H2,1-2H3,(H2,15,16). The summed E-state index contributed by atoms with van der Waals surface area (Å²) in [4.78, 5) is 4.26. The lowest BCUT2D eigenvalue weighted by atomic mass is 10.2. The highest BCUT2D eigenvalue weighted by atomic mass is 32.1. The van der Waals surface area contributed by atoms with Gasteiger partial charge in [-0.2, -0.15) is 5.10 Å². The number of nitrogens with zero attached hydrogens (tertiary/aromatic N) is 6. The van der Waals surface area contributed by atoms with Gasteiger partial charge >= 0.3 is 0 Å². The van der Waals surface area contributed by atoms with Crippen LogP contribution in [-0.4, -0.2) is 29.8 Å². The highest BCUT2D eigenvalue weighted by Crippen LogP contribution is 2.20. The SMILES string of the molecule is CCn1cc(-c2cn(CCCc3csc(N)n3)nn2)c(C)n1. The van der Waals surface area contributed by atoms with Gasteiger partial charge in [0.1, 0.15) is 5.69 Å². The first-order valence-electron chi connectivity index (χ1n) is 7.30. The third-order valence-corrected chi connectivity index (χ3v) is 4.20. The first kappa shape index (κ1) is 14.7. The quantitative estimate of drug-likeness (QED) is 0.752. The molecule has 3 aromatic heterocycles. The predicted octanol–water partition coefficient (Wildman–Crippen LogP) is 2.14. The molecule has 116 valence electrons. The van der Waals surface area contributed by atoms with Gasteiger partial charge in [-0.05, 0) is 26.7 Å². The van der Waals surface area contributed by atoms with Gasteiger partial charge in [0, 0.05) is 30.2 Å². The molecule has 3 rings (SSSR count). The lowest BCUT2D eigenvalue weighted by molar-refractivity contribution is 0.556. The van der Waals surface area contributed by atoms with Crippen LogP contribution in [0.15, 0.2) is 17.8 Å². The summed E-state index contributed by atoms with van der Waals surface area (Å²) in [7, 11) is 0. The normalized spacial score (nSPS) is 11.2. The Hall–Kier alpha value is -2.22. The average Bonchev–Trinajstić information content (AvgIpc) is 3.19. The topological polar surface area (TPSA) is 87.4 Å². The summed E-state index contributed by atoms with van der Waals surface area (Å²) in [6.45, 7) is 5.72. The molecular weight excluding hydrogens is 298 g/mol. The van der Waals surface area contributed by atoms with E-state index in [1.165, 1.54) is 11.3 Å². The predicted molar refractivity (Wildman–Crippen MR) is 86.5 cm³/mol. The number of anilines is 1. The summed E-state index contributed by atoms with van der Waals surface area (Å²) in [6.07, 6.45) is 5.84. The summed E-state index contributed by atoms with van der Waals surface area (Å²) in [5, 5.41) is 15.5. The second-order valence-electron chi connectivity index (χ2n) is 5.13. The summed E-state index contributed by atoms with van der Waals surface area (Å²) in [5.74, 6) is 0. The second-order valence-corrected chi connectivity index (χ2v) is 6.02. The molecule has 0 bridgehead atoms. The molecule has 0 amide bonds. The van der Waals surface area contributed by atoms with E-state index in [9.17, 15) is 0 Å². The Morgan fingerprint density at radius 2 is 2.14 bits per heavy atom. The van der Waals surface area contributed by atoms with Crippen molar-refractivity contribution in [2.45, 2.75) is 39.8 Å². The van der Waals surface area contributed by atoms with Crippen molar-refractivity contribution in [3.05, 3.63) is 29.2 Å². The number of nitrogens with two attached hydrogens (primary N) is 1. The van der Waals surface area contributed by atoms with E-state index < -0.39 is 0 Å². The maximum atomic E-state index is 5.63. The number of nitrogen functional groups attached to an aromatic ring is 1. The van der Waals surface area contributed by atoms with Crippen LogP contribution in [0, 0.1) is 6.92 Å². The molecule has 7 nitrogen and oxygen atoms in total. The Labute approximate surface area is 132 Å². The van der Waals surface area contributed by atoms with Gasteiger partial charge in [0.05, 0.1) is 17.6 Å². The summed E-state index contributed by atoms with van der Waals surface area (Å²) < 4.78 is 3.78. The van der Waals surface area contributed by atoms with Gasteiger partial charge in [-0.1, -0.05) is 5.21 Å². The first-order chi connectivity index (χ1) is 10.7. The molecule has 0 radical (unpaired) electrons. The molecule has 0 unspecified atom stereocenters. The monoisotopic (exact) mass is 317 g/mol. The van der Waals surface area contributed by atoms with Crippen molar-refractivity contribution in [3.8, 4) is 11.3 Å². The number of thiazole rings is 1. The van der Waals surface area contributed by atoms with Gasteiger partial charge in [-0.15, -0.1) is 16.4 Å². The molecule has 2 N–H and O–H groups in total. The Balaban J connectivity index is 1.62. The van der Waals surface area contributed by atoms with E-state index in [2.05, 4.69) is 27.3 Å². The van der Waals surface area contributed by atoms with Gasteiger partial charge in [-0.3, -0.25) is 9.36 Å². The molecular formula is C14H19N7S. The average molecular weight is 317 g/mol. The van der Waals surface area contributed by atoms with Crippen LogP contribution in [0.2, 0.25) is 0 Å². The Bertz CT molecular complexity index is 755. The van der Waals surface area contributed by atoms with E-state index >= 15 is 0 Å². The van der Waals surface area contributed by atoms with Gasteiger partial charge in [0.2, 0.25) is 0 Å². The zero-order valence-corrected chi connectivity index (χ0v) is 13.5. The van der Waals surface area contributed by atoms with Crippen LogP contribution in [0.4, 0.5) is 5.13 Å². The number of aryl methyl sites for hydroxylation is 4. The van der Waals surface area contributed by atoms with Gasteiger partial charge in [0.15, 0.2) is 5.13 Å². The fourth-order valence-corrected chi connectivity index (χ4v) is 2.92. The Kier molecular flexibility index (Phi) is 4.19. The molecule has 0 saturated carbocycles. The van der Waals surface area contributed by atoms with Crippen molar-refractivity contribution in [1.82, 2.24) is 29.8 Å². The summed E-state index contributed by atoms with van der Waals surface area (Å²) in [5.41, 5.74) is 9.56. The van der Waals surface area contributed by atoms with E-state index in [1.54, 1.807) is 0 Å². The van der Waals surface area contributed by atoms with Crippen LogP contribution >= 0.6 is 11.3 Å². The highest BCUT2D eigenvalue weighted by molar-refractivity contribution is 7.13. The zero-order chi connectivity index (χ0) is 15.5. The molecule has 0 spiro atoms. The summed E-state index contributed by atoms with van der Waals surface area (Å²) >= 11 is 1.48. The molecule has 3 aromatic rings. The number of hydrogen-bond acceptors (Lipinski definition) is 6. The third-order valence-electron chi connectivity index (χ3n) is 3.47. The smallest absolute Gasteiger partial charge is 0.180 e. The minimum Gasteiger partial charge on any atom is -0.375 e. The van der Waals surface area contributed by atoms with Crippen molar-refractivity contribution in [2.24, 2.45) is 0 Å². The molecule has 0 aliphatic rings. The van der Waals surface area contributed by atoms with Crippen LogP contribution in [0.25, 0.3) is 11.3 Å². The molecule has 0 atom stereocenters. The van der Waals surface area contributed by atoms with E-state index in [-0.39, 0.29) is 0 Å². The van der Waals surface area contributed by atoms with Crippen molar-refractivity contribution in [3.63, 3.8) is 0 Å². The lowest BCUT2D eigenvalue weighted by Crippen LogP contribution is -2.00. The van der Waals surface area contributed by atoms with Crippen LogP contribution in [0.5, 0.6) is 0 Å². The van der Waals surface area contributed by atoms with Crippen LogP contribution < -0.4 is 5.73 Å². The van der Waals surface area contributed by atoms with Gasteiger partial charge < -0.3 is 5.73 Å². The minimum atomic E-state index is 0.626. The highest BCUT2D eigenvalue weighted by Gasteiger charge is 2.10. The number of hydrogen-bond donors (Lipinski definition) is 1. The molecule has 22 heavy (non-hydrogen) atoms. The zero-order valence-electron chi connectivity index (χ0n) is 12.7. The van der Waals surface area contributed by atoms with Crippen LogP contribution in [0.1, 0.15) is 24.7 Å². The largest absolute Gasteiger partial charge is 0.375 e. The molecule has 0 aliphatic carbocycles. The van der Waals surface area contributed by atoms with E-state index in [1.807, 2.05) is 34.1 Å². The Morgan fingerprint density at radius 1 is 1.27 bits per heavy atom. The van der Waals surface area contributed by atoms with Crippen molar-refractivity contribution in [2.75, 3.05) is 5.73 Å². The fraction of sp³-hybridized carbons (Fsp3) is 0.429. The van der Waals surface area contributed by atoms with E-state index in [0.717, 1.165) is 48.6 Å². The molecule has 0 saturated heterocycles. The molecule has 0 fully saturated rings. The summed E-state index contributed by atoms with van der Waals surface area (Å²) in [6, 6.07) is 0. The lowest BCUT2D eigenvalue weighted by Gasteiger charge is -1.98. The molecule has 0 aliphatic heterocycles. The maximum absolute atomic E-state index is 5.63. The van der Waals surface area contributed by atoms with Crippen molar-refractivity contribution < 1.29 is 0 Å². The molecule has 0 aromatic carbocycles. The van der Waals surface area contributed by atoms with E-state index in [0.29, 0.717) is 5.13 Å². The fourth-order valence-electron chi connectivity index (χ4n) is 2.32. The van der Waals surface area contributed by atoms with Gasteiger partial charge in [-0.25, -0.2) is 4.98 Å². The number of rotatable bonds is 6. The maximum Gasteiger partial charge on any atom is 0.180 e. The van der Waals surface area contributed by atoms with Crippen LogP contribution in [-0.2, 0) is 19.5 Å². The third kappa shape index (κ3) is 3.16. The number of aromatic nitrogens is 6. The first-order valence-corrected chi connectivity index (χ1v) is 8.18. The van der Waals surface area contributed by atoms with Gasteiger partial charge in [0.25, 0.3) is 0 Å². The van der Waals surface area contributed by atoms with Crippen LogP contribution in [0.3, 0.4) is 0 Å². The van der Waals surface area contributed by atoms with Crippen molar-refractivity contribution in [1.29, 1.82) is 0 Å². The minimum absolute atomic E-state index is 0.626. The molecule has 8 heteroatoms. The van der Waals surface area contributed by atoms with E-state index in [4.69, 9.17) is 5.73 Å². The molecule has 3 heterocycles. The second kappa shape index (κ2) is 6.27. The Morgan fingerprint density at radius 3 is 2.82 bits per heavy atom.